The Labute approximate surface area is 122 Å². The summed E-state index contributed by atoms with van der Waals surface area (Å²) in [5.74, 6) is -0.159. The fourth-order valence-corrected chi connectivity index (χ4v) is 2.92. The Balaban J connectivity index is 1.99. The highest BCUT2D eigenvalue weighted by molar-refractivity contribution is 5.71. The fraction of sp³-hybridized carbons (Fsp3) is 0.533. The van der Waals surface area contributed by atoms with Crippen LogP contribution >= 0.6 is 0 Å². The minimum Gasteiger partial charge on any atom is -0.481 e. The maximum Gasteiger partial charge on any atom is 0.307 e. The van der Waals surface area contributed by atoms with E-state index in [9.17, 15) is 9.18 Å². The average molecular weight is 295 g/mol. The van der Waals surface area contributed by atoms with Crippen LogP contribution in [0.3, 0.4) is 0 Å². The Morgan fingerprint density at radius 1 is 1.38 bits per heavy atom. The zero-order valence-corrected chi connectivity index (χ0v) is 12.0. The number of rotatable bonds is 3. The zero-order chi connectivity index (χ0) is 15.2. The van der Waals surface area contributed by atoms with Crippen molar-refractivity contribution in [2.24, 2.45) is 5.92 Å². The molecule has 0 aliphatic carbocycles. The molecule has 21 heavy (non-hydrogen) atoms. The molecule has 0 radical (unpaired) electrons. The van der Waals surface area contributed by atoms with Crippen molar-refractivity contribution in [3.05, 3.63) is 23.3 Å². The molecule has 2 aliphatic heterocycles. The van der Waals surface area contributed by atoms with E-state index in [1.54, 1.807) is 12.1 Å². The third-order valence-corrected chi connectivity index (χ3v) is 4.04. The van der Waals surface area contributed by atoms with Crippen molar-refractivity contribution in [2.75, 3.05) is 13.3 Å². The van der Waals surface area contributed by atoms with Crippen LogP contribution in [0.5, 0.6) is 11.5 Å². The van der Waals surface area contributed by atoms with Gasteiger partial charge in [0.05, 0.1) is 5.92 Å². The fourth-order valence-electron chi connectivity index (χ4n) is 2.92. The first-order valence-electron chi connectivity index (χ1n) is 6.95. The maximum absolute atomic E-state index is 14.5. The molecular weight excluding hydrogens is 277 g/mol. The van der Waals surface area contributed by atoms with Gasteiger partial charge in [-0.25, -0.2) is 4.39 Å². The summed E-state index contributed by atoms with van der Waals surface area (Å²) in [5.41, 5.74) is -0.287. The largest absolute Gasteiger partial charge is 0.481 e. The number of carboxylic acids is 1. The zero-order valence-electron chi connectivity index (χ0n) is 12.0. The van der Waals surface area contributed by atoms with Gasteiger partial charge in [0.1, 0.15) is 5.67 Å². The van der Waals surface area contributed by atoms with Crippen LogP contribution in [-0.2, 0) is 10.5 Å². The summed E-state index contributed by atoms with van der Waals surface area (Å²) >= 11 is 0. The van der Waals surface area contributed by atoms with Gasteiger partial charge >= 0.3 is 5.97 Å². The molecule has 1 fully saturated rings. The smallest absolute Gasteiger partial charge is 0.307 e. The third kappa shape index (κ3) is 2.55. The van der Waals surface area contributed by atoms with Gasteiger partial charge in [0.15, 0.2) is 11.5 Å². The molecule has 0 bridgehead atoms. The number of nitrogens with one attached hydrogen (secondary N) is 1. The Kier molecular flexibility index (Phi) is 3.28. The van der Waals surface area contributed by atoms with Gasteiger partial charge in [0, 0.05) is 12.6 Å². The maximum atomic E-state index is 14.5. The van der Waals surface area contributed by atoms with Crippen LogP contribution in [0, 0.1) is 5.92 Å². The lowest BCUT2D eigenvalue weighted by atomic mass is 9.88. The molecule has 6 heteroatoms. The topological polar surface area (TPSA) is 67.8 Å². The van der Waals surface area contributed by atoms with E-state index in [-0.39, 0.29) is 12.8 Å². The lowest BCUT2D eigenvalue weighted by molar-refractivity contribution is -0.141. The van der Waals surface area contributed by atoms with E-state index in [2.05, 4.69) is 5.32 Å². The first-order chi connectivity index (χ1) is 9.86. The van der Waals surface area contributed by atoms with E-state index in [1.165, 1.54) is 13.8 Å². The second kappa shape index (κ2) is 4.87. The molecule has 2 N–H and O–H groups in total. The molecule has 1 aromatic rings. The van der Waals surface area contributed by atoms with Gasteiger partial charge in [-0.2, -0.15) is 0 Å². The molecule has 3 rings (SSSR count). The van der Waals surface area contributed by atoms with E-state index in [1.807, 2.05) is 0 Å². The van der Waals surface area contributed by atoms with E-state index in [0.29, 0.717) is 30.0 Å². The summed E-state index contributed by atoms with van der Waals surface area (Å²) in [6, 6.07) is 3.24. The summed E-state index contributed by atoms with van der Waals surface area (Å²) in [4.78, 5) is 11.1. The lowest BCUT2D eigenvalue weighted by Crippen LogP contribution is -2.20. The normalized spacial score (nSPS) is 24.3. The number of benzene rings is 1. The monoisotopic (exact) mass is 295 g/mol. The Morgan fingerprint density at radius 2 is 2.05 bits per heavy atom. The molecule has 2 atom stereocenters. The van der Waals surface area contributed by atoms with Gasteiger partial charge in [-0.1, -0.05) is 0 Å². The van der Waals surface area contributed by atoms with Crippen LogP contribution in [0.15, 0.2) is 12.1 Å². The third-order valence-electron chi connectivity index (χ3n) is 4.04. The van der Waals surface area contributed by atoms with Crippen molar-refractivity contribution in [3.8, 4) is 11.5 Å². The number of carboxylic acid groups (broad SMARTS) is 1. The standard InChI is InChI=1S/C15H18FNO4/c1-15(2,16)10-5-13-12(20-7-21-13)4-9(10)11-3-8(6-17-11)14(18)19/h4-5,8,11,17H,3,6-7H2,1-2H3,(H,18,19). The van der Waals surface area contributed by atoms with E-state index in [0.717, 1.165) is 5.56 Å². The van der Waals surface area contributed by atoms with Gasteiger partial charge in [0.25, 0.3) is 0 Å². The molecule has 2 unspecified atom stereocenters. The number of hydrogen-bond acceptors (Lipinski definition) is 4. The van der Waals surface area contributed by atoms with Crippen LogP contribution in [0.1, 0.15) is 37.4 Å². The summed E-state index contributed by atoms with van der Waals surface area (Å²) in [6.07, 6.45) is 0.443. The highest BCUT2D eigenvalue weighted by Crippen LogP contribution is 2.43. The van der Waals surface area contributed by atoms with Crippen LogP contribution in [-0.4, -0.2) is 24.4 Å². The molecule has 0 saturated carbocycles. The van der Waals surface area contributed by atoms with Crippen molar-refractivity contribution in [1.82, 2.24) is 5.32 Å². The summed E-state index contributed by atoms with van der Waals surface area (Å²) < 4.78 is 25.2. The number of fused-ring (bicyclic) bond motifs is 1. The van der Waals surface area contributed by atoms with Crippen LogP contribution in [0.4, 0.5) is 4.39 Å². The Hall–Kier alpha value is -1.82. The first kappa shape index (κ1) is 14.1. The number of ether oxygens (including phenoxy) is 2. The van der Waals surface area contributed by atoms with Crippen LogP contribution in [0.25, 0.3) is 0 Å². The molecule has 114 valence electrons. The Bertz CT molecular complexity index is 582. The van der Waals surface area contributed by atoms with Crippen molar-refractivity contribution >= 4 is 5.97 Å². The predicted octanol–water partition coefficient (Wildman–Crippen LogP) is 2.36. The van der Waals surface area contributed by atoms with Crippen molar-refractivity contribution in [3.63, 3.8) is 0 Å². The molecule has 0 amide bonds. The molecule has 2 heterocycles. The van der Waals surface area contributed by atoms with Crippen LogP contribution in [0.2, 0.25) is 0 Å². The minimum atomic E-state index is -1.54. The quantitative estimate of drug-likeness (QED) is 0.896. The molecule has 5 nitrogen and oxygen atoms in total. The summed E-state index contributed by atoms with van der Waals surface area (Å²) in [5, 5.41) is 12.3. The van der Waals surface area contributed by atoms with Gasteiger partial charge in [-0.15, -0.1) is 0 Å². The van der Waals surface area contributed by atoms with Gasteiger partial charge in [-0.05, 0) is 43.5 Å². The molecular formula is C15H18FNO4. The van der Waals surface area contributed by atoms with E-state index in [4.69, 9.17) is 14.6 Å². The second-order valence-corrected chi connectivity index (χ2v) is 6.00. The highest BCUT2D eigenvalue weighted by atomic mass is 19.1. The summed E-state index contributed by atoms with van der Waals surface area (Å²) in [6.45, 7) is 3.48. The van der Waals surface area contributed by atoms with Crippen molar-refractivity contribution in [1.29, 1.82) is 0 Å². The molecule has 1 saturated heterocycles. The first-order valence-corrected chi connectivity index (χ1v) is 6.95. The summed E-state index contributed by atoms with van der Waals surface area (Å²) in [7, 11) is 0. The molecule has 0 spiro atoms. The van der Waals surface area contributed by atoms with Gasteiger partial charge in [0.2, 0.25) is 6.79 Å². The molecule has 2 aliphatic rings. The minimum absolute atomic E-state index is 0.126. The average Bonchev–Trinajstić information content (AvgIpc) is 3.04. The van der Waals surface area contributed by atoms with Crippen LogP contribution < -0.4 is 14.8 Å². The predicted molar refractivity (Wildman–Crippen MR) is 73.2 cm³/mol. The highest BCUT2D eigenvalue weighted by Gasteiger charge is 2.35. The number of aliphatic carboxylic acids is 1. The van der Waals surface area contributed by atoms with Gasteiger partial charge in [-0.3, -0.25) is 4.79 Å². The van der Waals surface area contributed by atoms with Crippen molar-refractivity contribution < 1.29 is 23.8 Å². The lowest BCUT2D eigenvalue weighted by Gasteiger charge is -2.23. The number of carbonyl (C=O) groups is 1. The number of hydrogen-bond donors (Lipinski definition) is 2. The SMILES string of the molecule is CC(C)(F)c1cc2c(cc1C1CC(C(=O)O)CN1)OCO2. The Morgan fingerprint density at radius 3 is 2.62 bits per heavy atom. The molecule has 0 aromatic heterocycles. The van der Waals surface area contributed by atoms with Gasteiger partial charge < -0.3 is 19.9 Å². The van der Waals surface area contributed by atoms with E-state index >= 15 is 0 Å². The van der Waals surface area contributed by atoms with Crippen molar-refractivity contribution in [2.45, 2.75) is 32.0 Å². The number of halogens is 1. The number of alkyl halides is 1. The van der Waals surface area contributed by atoms with E-state index < -0.39 is 17.6 Å². The molecule has 1 aromatic carbocycles. The second-order valence-electron chi connectivity index (χ2n) is 6.00.